The van der Waals surface area contributed by atoms with Gasteiger partial charge in [-0.1, -0.05) is 11.2 Å². The summed E-state index contributed by atoms with van der Waals surface area (Å²) in [5.74, 6) is -0.707. The molecule has 0 spiro atoms. The first-order chi connectivity index (χ1) is 13.9. The number of rotatable bonds is 6. The summed E-state index contributed by atoms with van der Waals surface area (Å²) < 4.78 is 43.3. The van der Waals surface area contributed by atoms with Gasteiger partial charge in [0.2, 0.25) is 5.89 Å². The Hall–Kier alpha value is -2.69. The van der Waals surface area contributed by atoms with Crippen LogP contribution in [-0.4, -0.2) is 46.2 Å². The first-order valence-corrected chi connectivity index (χ1v) is 10.7. The molecule has 0 bridgehead atoms. The van der Waals surface area contributed by atoms with Crippen LogP contribution in [0.5, 0.6) is 0 Å². The highest BCUT2D eigenvalue weighted by molar-refractivity contribution is 7.90. The van der Waals surface area contributed by atoms with Crippen molar-refractivity contribution in [1.29, 1.82) is 0 Å². The van der Waals surface area contributed by atoms with E-state index in [9.17, 15) is 17.9 Å². The van der Waals surface area contributed by atoms with Crippen LogP contribution in [0.3, 0.4) is 0 Å². The van der Waals surface area contributed by atoms with Crippen LogP contribution in [0.15, 0.2) is 58.1 Å². The van der Waals surface area contributed by atoms with E-state index in [0.29, 0.717) is 19.5 Å². The van der Waals surface area contributed by atoms with Gasteiger partial charge in [0.15, 0.2) is 15.7 Å². The molecule has 4 rings (SSSR count). The molecule has 2 atom stereocenters. The summed E-state index contributed by atoms with van der Waals surface area (Å²) in [5, 5.41) is 13.9. The Morgan fingerprint density at radius 2 is 2.00 bits per heavy atom. The fourth-order valence-corrected chi connectivity index (χ4v) is 4.54. The molecule has 0 saturated carbocycles. The van der Waals surface area contributed by atoms with Gasteiger partial charge in [0.25, 0.3) is 0 Å². The lowest BCUT2D eigenvalue weighted by atomic mass is 10.2. The van der Waals surface area contributed by atoms with Crippen molar-refractivity contribution in [1.82, 2.24) is 20.0 Å². The van der Waals surface area contributed by atoms with Gasteiger partial charge in [0.05, 0.1) is 22.7 Å². The monoisotopic (exact) mass is 418 g/mol. The quantitative estimate of drug-likeness (QED) is 0.605. The van der Waals surface area contributed by atoms with Crippen LogP contribution in [0.4, 0.5) is 4.39 Å². The highest BCUT2D eigenvalue weighted by atomic mass is 32.2. The number of aliphatic hydroxyl groups is 1. The second kappa shape index (κ2) is 7.97. The van der Waals surface area contributed by atoms with Crippen LogP contribution < -0.4 is 0 Å². The Labute approximate surface area is 166 Å². The van der Waals surface area contributed by atoms with Gasteiger partial charge in [-0.15, -0.1) is 0 Å². The summed E-state index contributed by atoms with van der Waals surface area (Å²) in [6.07, 6.45) is 1.54. The van der Waals surface area contributed by atoms with Crippen LogP contribution >= 0.6 is 0 Å². The summed E-state index contributed by atoms with van der Waals surface area (Å²) in [5.41, 5.74) is 0.838. The van der Waals surface area contributed by atoms with Crippen molar-refractivity contribution < 1.29 is 22.4 Å². The lowest BCUT2D eigenvalue weighted by Crippen LogP contribution is -2.25. The maximum atomic E-state index is 13.0. The molecular weight excluding hydrogens is 399 g/mol. The molecule has 8 nitrogen and oxygen atoms in total. The molecule has 1 aliphatic heterocycles. The molecule has 152 valence electrons. The topological polar surface area (TPSA) is 109 Å². The molecule has 0 aliphatic carbocycles. The number of aliphatic hydroxyl groups excluding tert-OH is 1. The number of β-amino-alcohol motifs (C(OH)–C–C–N with tert-alkyl or cyclic N) is 1. The Kier molecular flexibility index (Phi) is 5.39. The zero-order valence-electron chi connectivity index (χ0n) is 15.3. The number of sulfone groups is 1. The summed E-state index contributed by atoms with van der Waals surface area (Å²) in [6.45, 7) is 0.918. The van der Waals surface area contributed by atoms with Crippen molar-refractivity contribution in [2.75, 3.05) is 6.54 Å². The van der Waals surface area contributed by atoms with Crippen molar-refractivity contribution in [3.8, 4) is 0 Å². The van der Waals surface area contributed by atoms with Crippen molar-refractivity contribution in [3.05, 3.63) is 71.9 Å². The number of hydrogen-bond donors (Lipinski definition) is 1. The van der Waals surface area contributed by atoms with Crippen LogP contribution in [0.25, 0.3) is 0 Å². The Bertz CT molecular complexity index is 1070. The van der Waals surface area contributed by atoms with Crippen molar-refractivity contribution in [3.63, 3.8) is 0 Å². The smallest absolute Gasteiger partial charge is 0.244 e. The SMILES string of the molecule is O=S(=O)(Cc1noc(C2CC(O)CN2Cc2ccccn2)n1)c1ccc(F)cc1. The first-order valence-electron chi connectivity index (χ1n) is 9.03. The fourth-order valence-electron chi connectivity index (χ4n) is 3.37. The second-order valence-electron chi connectivity index (χ2n) is 6.92. The summed E-state index contributed by atoms with van der Waals surface area (Å²) in [6, 6.07) is 9.84. The van der Waals surface area contributed by atoms with Gasteiger partial charge in [0.1, 0.15) is 11.6 Å². The Balaban J connectivity index is 1.51. The van der Waals surface area contributed by atoms with Crippen LogP contribution in [0.2, 0.25) is 0 Å². The van der Waals surface area contributed by atoms with Gasteiger partial charge < -0.3 is 9.63 Å². The molecule has 29 heavy (non-hydrogen) atoms. The maximum Gasteiger partial charge on any atom is 0.244 e. The standard InChI is InChI=1S/C19H19FN4O4S/c20-13-4-6-16(7-5-13)29(26,27)12-18-22-19(28-23-18)17-9-15(25)11-24(17)10-14-3-1-2-8-21-14/h1-8,15,17,25H,9-12H2. The third-order valence-electron chi connectivity index (χ3n) is 4.73. The zero-order valence-corrected chi connectivity index (χ0v) is 16.2. The number of halogens is 1. The molecule has 2 aromatic heterocycles. The molecule has 10 heteroatoms. The number of benzene rings is 1. The number of likely N-dealkylation sites (tertiary alicyclic amines) is 1. The van der Waals surface area contributed by atoms with Crippen LogP contribution in [0.1, 0.15) is 29.9 Å². The van der Waals surface area contributed by atoms with E-state index in [2.05, 4.69) is 15.1 Å². The average molecular weight is 418 g/mol. The summed E-state index contributed by atoms with van der Waals surface area (Å²) in [7, 11) is -3.74. The highest BCUT2D eigenvalue weighted by Crippen LogP contribution is 2.32. The minimum absolute atomic E-state index is 0.0154. The van der Waals surface area contributed by atoms with Gasteiger partial charge in [-0.2, -0.15) is 4.98 Å². The van der Waals surface area contributed by atoms with Crippen molar-refractivity contribution >= 4 is 9.84 Å². The lowest BCUT2D eigenvalue weighted by molar-refractivity contribution is 0.168. The fraction of sp³-hybridized carbons (Fsp3) is 0.316. The third-order valence-corrected chi connectivity index (χ3v) is 6.36. The molecular formula is C19H19FN4O4S. The van der Waals surface area contributed by atoms with E-state index in [4.69, 9.17) is 4.52 Å². The number of nitrogens with zero attached hydrogens (tertiary/aromatic N) is 4. The van der Waals surface area contributed by atoms with E-state index in [0.717, 1.165) is 17.8 Å². The molecule has 3 aromatic rings. The average Bonchev–Trinajstić information content (AvgIpc) is 3.28. The van der Waals surface area contributed by atoms with Crippen molar-refractivity contribution in [2.24, 2.45) is 0 Å². The van der Waals surface area contributed by atoms with Gasteiger partial charge >= 0.3 is 0 Å². The molecule has 1 aromatic carbocycles. The van der Waals surface area contributed by atoms with E-state index in [1.165, 1.54) is 12.1 Å². The predicted octanol–water partition coefficient (Wildman–Crippen LogP) is 1.89. The van der Waals surface area contributed by atoms with Gasteiger partial charge in [0, 0.05) is 19.3 Å². The number of aromatic nitrogens is 3. The van der Waals surface area contributed by atoms with Crippen molar-refractivity contribution in [2.45, 2.75) is 35.8 Å². The van der Waals surface area contributed by atoms with E-state index >= 15 is 0 Å². The van der Waals surface area contributed by atoms with Gasteiger partial charge in [-0.3, -0.25) is 9.88 Å². The van der Waals surface area contributed by atoms with Gasteiger partial charge in [-0.25, -0.2) is 12.8 Å². The largest absolute Gasteiger partial charge is 0.392 e. The van der Waals surface area contributed by atoms with E-state index in [-0.39, 0.29) is 22.7 Å². The molecule has 2 unspecified atom stereocenters. The molecule has 1 aliphatic rings. The maximum absolute atomic E-state index is 13.0. The van der Waals surface area contributed by atoms with Crippen LogP contribution in [0, 0.1) is 5.82 Å². The Morgan fingerprint density at radius 1 is 1.21 bits per heavy atom. The summed E-state index contributed by atoms with van der Waals surface area (Å²) in [4.78, 5) is 10.5. The molecule has 1 saturated heterocycles. The minimum Gasteiger partial charge on any atom is -0.392 e. The zero-order chi connectivity index (χ0) is 20.4. The van der Waals surface area contributed by atoms with Crippen LogP contribution in [-0.2, 0) is 22.1 Å². The normalized spacial score (nSPS) is 20.2. The van der Waals surface area contributed by atoms with Gasteiger partial charge in [-0.05, 0) is 42.8 Å². The van der Waals surface area contributed by atoms with E-state index < -0.39 is 27.5 Å². The lowest BCUT2D eigenvalue weighted by Gasteiger charge is -2.20. The van der Waals surface area contributed by atoms with E-state index in [1.54, 1.807) is 6.20 Å². The second-order valence-corrected chi connectivity index (χ2v) is 8.91. The Morgan fingerprint density at radius 3 is 2.72 bits per heavy atom. The summed E-state index contributed by atoms with van der Waals surface area (Å²) >= 11 is 0. The molecule has 3 heterocycles. The predicted molar refractivity (Wildman–Crippen MR) is 99.6 cm³/mol. The number of pyridine rings is 1. The minimum atomic E-state index is -3.74. The number of hydrogen-bond acceptors (Lipinski definition) is 8. The molecule has 1 N–H and O–H groups in total. The molecule has 0 amide bonds. The first kappa shape index (κ1) is 19.6. The van der Waals surface area contributed by atoms with E-state index in [1.807, 2.05) is 23.1 Å². The molecule has 0 radical (unpaired) electrons. The highest BCUT2D eigenvalue weighted by Gasteiger charge is 2.36. The third kappa shape index (κ3) is 4.50. The molecule has 1 fully saturated rings.